The highest BCUT2D eigenvalue weighted by atomic mass is 16.5. The molecule has 9 nitrogen and oxygen atoms in total. The number of carbonyl (C=O) groups is 1. The molecule has 160 valence electrons. The van der Waals surface area contributed by atoms with Crippen LogP contribution in [0.1, 0.15) is 28.1 Å². The fraction of sp³-hybridized carbons (Fsp3) is 0.273. The summed E-state index contributed by atoms with van der Waals surface area (Å²) in [5.41, 5.74) is 8.21. The van der Waals surface area contributed by atoms with E-state index in [1.165, 1.54) is 16.7 Å². The molecule has 9 heteroatoms. The molecule has 0 saturated carbocycles. The Balaban J connectivity index is 1.87. The number of hydrogen-bond donors (Lipinski definition) is 2. The molecule has 4 heterocycles. The first-order valence-corrected chi connectivity index (χ1v) is 9.94. The number of furan rings is 1. The number of rotatable bonds is 7. The van der Waals surface area contributed by atoms with Crippen LogP contribution in [-0.2, 0) is 17.8 Å². The van der Waals surface area contributed by atoms with E-state index in [1.807, 2.05) is 13.0 Å². The first-order valence-electron chi connectivity index (χ1n) is 9.94. The van der Waals surface area contributed by atoms with Crippen molar-refractivity contribution in [1.29, 1.82) is 0 Å². The number of aryl methyl sites for hydroxylation is 2. The minimum Gasteiger partial charge on any atom is -0.467 e. The minimum absolute atomic E-state index is 0.209. The predicted octanol–water partition coefficient (Wildman–Crippen LogP) is 1.59. The number of hydrogen-bond acceptors (Lipinski definition) is 6. The fourth-order valence-corrected chi connectivity index (χ4v) is 3.56. The molecule has 1 amide bonds. The van der Waals surface area contributed by atoms with E-state index in [2.05, 4.69) is 5.32 Å². The van der Waals surface area contributed by atoms with Crippen molar-refractivity contribution in [2.24, 2.45) is 0 Å². The summed E-state index contributed by atoms with van der Waals surface area (Å²) in [6.45, 7) is 3.06. The van der Waals surface area contributed by atoms with E-state index in [4.69, 9.17) is 19.9 Å². The second kappa shape index (κ2) is 8.57. The van der Waals surface area contributed by atoms with Gasteiger partial charge in [-0.15, -0.1) is 0 Å². The maximum Gasteiger partial charge on any atom is 0.278 e. The van der Waals surface area contributed by atoms with Gasteiger partial charge in [-0.05, 0) is 31.2 Å². The van der Waals surface area contributed by atoms with Gasteiger partial charge in [0, 0.05) is 31.9 Å². The third kappa shape index (κ3) is 3.87. The zero-order chi connectivity index (χ0) is 22.0. The number of aromatic nitrogens is 3. The van der Waals surface area contributed by atoms with Gasteiger partial charge in [0.1, 0.15) is 16.7 Å². The summed E-state index contributed by atoms with van der Waals surface area (Å²) in [5, 5.41) is 3.10. The smallest absolute Gasteiger partial charge is 0.278 e. The quantitative estimate of drug-likeness (QED) is 0.265. The van der Waals surface area contributed by atoms with Crippen LogP contribution >= 0.6 is 0 Å². The van der Waals surface area contributed by atoms with Crippen LogP contribution in [0.25, 0.3) is 16.7 Å². The van der Waals surface area contributed by atoms with Gasteiger partial charge in [0.05, 0.1) is 19.4 Å². The van der Waals surface area contributed by atoms with Crippen LogP contribution in [0, 0.1) is 6.92 Å². The van der Waals surface area contributed by atoms with Crippen molar-refractivity contribution >= 4 is 28.4 Å². The third-order valence-electron chi connectivity index (χ3n) is 5.15. The summed E-state index contributed by atoms with van der Waals surface area (Å²) in [4.78, 5) is 30.9. The predicted molar refractivity (Wildman–Crippen MR) is 115 cm³/mol. The number of nitrogens with two attached hydrogens (primary N) is 1. The lowest BCUT2D eigenvalue weighted by atomic mass is 10.1. The van der Waals surface area contributed by atoms with Crippen LogP contribution in [0.15, 0.2) is 52.0 Å². The summed E-state index contributed by atoms with van der Waals surface area (Å²) < 4.78 is 13.6. The van der Waals surface area contributed by atoms with E-state index in [9.17, 15) is 9.59 Å². The van der Waals surface area contributed by atoms with E-state index in [0.29, 0.717) is 42.0 Å². The third-order valence-corrected chi connectivity index (χ3v) is 5.15. The summed E-state index contributed by atoms with van der Waals surface area (Å²) in [7, 11) is 1.62. The highest BCUT2D eigenvalue weighted by Gasteiger charge is 2.24. The Bertz CT molecular complexity index is 1310. The number of carbonyl (C=O) groups excluding carboxylic acids is 1. The lowest BCUT2D eigenvalue weighted by Gasteiger charge is -2.12. The van der Waals surface area contributed by atoms with Gasteiger partial charge in [0.2, 0.25) is 11.5 Å². The summed E-state index contributed by atoms with van der Waals surface area (Å²) in [6.07, 6.45) is 3.85. The van der Waals surface area contributed by atoms with Crippen molar-refractivity contribution in [3.63, 3.8) is 0 Å². The molecule has 4 rings (SSSR count). The van der Waals surface area contributed by atoms with Crippen molar-refractivity contribution in [2.75, 3.05) is 19.5 Å². The second-order valence-electron chi connectivity index (χ2n) is 7.24. The van der Waals surface area contributed by atoms with Crippen LogP contribution < -0.4 is 21.2 Å². The molecule has 4 aromatic rings. The molecule has 0 aliphatic rings. The summed E-state index contributed by atoms with van der Waals surface area (Å²) >= 11 is 0. The average molecular weight is 422 g/mol. The van der Waals surface area contributed by atoms with Gasteiger partial charge in [-0.25, -0.2) is 4.57 Å². The van der Waals surface area contributed by atoms with Gasteiger partial charge in [-0.2, -0.15) is 0 Å². The van der Waals surface area contributed by atoms with Gasteiger partial charge in [-0.1, -0.05) is 11.1 Å². The largest absolute Gasteiger partial charge is 0.467 e. The number of anilines is 1. The van der Waals surface area contributed by atoms with Crippen LogP contribution in [0.2, 0.25) is 0 Å². The monoisotopic (exact) mass is 422 g/mol. The number of nitrogens with one attached hydrogen (secondary N) is 1. The highest BCUT2D eigenvalue weighted by Crippen LogP contribution is 2.16. The molecule has 0 bridgehead atoms. The van der Waals surface area contributed by atoms with Crippen molar-refractivity contribution in [2.45, 2.75) is 26.4 Å². The molecule has 0 unspecified atom stereocenters. The summed E-state index contributed by atoms with van der Waals surface area (Å²) in [5.74, 6) is 0.458. The average Bonchev–Trinajstić information content (AvgIpc) is 3.28. The zero-order valence-electron chi connectivity index (χ0n) is 17.4. The number of nitrogens with zero attached hydrogens (tertiary/aromatic N) is 3. The number of ether oxygens (including phenoxy) is 1. The maximum atomic E-state index is 13.3. The van der Waals surface area contributed by atoms with Gasteiger partial charge >= 0.3 is 0 Å². The lowest BCUT2D eigenvalue weighted by Crippen LogP contribution is -2.43. The molecular weight excluding hydrogens is 398 g/mol. The van der Waals surface area contributed by atoms with Crippen LogP contribution in [-0.4, -0.2) is 29.0 Å². The standard InChI is InChI=1S/C22H23N5O4/c1-14-6-3-8-27-19(14)25-20-17(22(27)29)12-16(18(23)26(20)9-5-10-30-2)21(28)24-13-15-7-4-11-31-15/h3-4,6-8,11-12,23H,5,9-10,13H2,1-2H3,(H,24,28)/p+1. The molecule has 0 saturated heterocycles. The van der Waals surface area contributed by atoms with Crippen molar-refractivity contribution in [3.05, 3.63) is 70.0 Å². The van der Waals surface area contributed by atoms with E-state index in [-0.39, 0.29) is 23.5 Å². The van der Waals surface area contributed by atoms with Crippen molar-refractivity contribution in [1.82, 2.24) is 14.7 Å². The van der Waals surface area contributed by atoms with Crippen molar-refractivity contribution in [3.8, 4) is 0 Å². The molecular formula is C22H24N5O4+. The van der Waals surface area contributed by atoms with Gasteiger partial charge in [-0.3, -0.25) is 14.0 Å². The number of methoxy groups -OCH3 is 1. The molecule has 0 aliphatic heterocycles. The Morgan fingerprint density at radius 1 is 1.35 bits per heavy atom. The Hall–Kier alpha value is -3.72. The van der Waals surface area contributed by atoms with E-state index < -0.39 is 5.91 Å². The van der Waals surface area contributed by atoms with Crippen LogP contribution in [0.4, 0.5) is 5.82 Å². The molecule has 0 atom stereocenters. The van der Waals surface area contributed by atoms with E-state index in [1.54, 1.807) is 36.1 Å². The second-order valence-corrected chi connectivity index (χ2v) is 7.24. The molecule has 0 fully saturated rings. The lowest BCUT2D eigenvalue weighted by molar-refractivity contribution is -0.659. The molecule has 0 aliphatic carbocycles. The number of nitrogen functional groups attached to an aromatic ring is 1. The molecule has 0 aromatic carbocycles. The van der Waals surface area contributed by atoms with Crippen LogP contribution in [0.5, 0.6) is 0 Å². The minimum atomic E-state index is -0.398. The normalized spacial score (nSPS) is 11.3. The molecule has 0 radical (unpaired) electrons. The Kier molecular flexibility index (Phi) is 5.68. The van der Waals surface area contributed by atoms with Crippen molar-refractivity contribution < 1.29 is 18.5 Å². The Labute approximate surface area is 178 Å². The first-order chi connectivity index (χ1) is 15.0. The van der Waals surface area contributed by atoms with Gasteiger partial charge in [0.25, 0.3) is 17.1 Å². The maximum absolute atomic E-state index is 13.3. The molecule has 0 spiro atoms. The number of pyridine rings is 2. The topological polar surface area (TPSA) is 116 Å². The summed E-state index contributed by atoms with van der Waals surface area (Å²) in [6, 6.07) is 8.70. The van der Waals surface area contributed by atoms with Gasteiger partial charge in [0.15, 0.2) is 0 Å². The van der Waals surface area contributed by atoms with E-state index in [0.717, 1.165) is 5.56 Å². The first kappa shape index (κ1) is 20.5. The number of amides is 1. The Morgan fingerprint density at radius 2 is 2.19 bits per heavy atom. The fourth-order valence-electron chi connectivity index (χ4n) is 3.56. The van der Waals surface area contributed by atoms with Crippen LogP contribution in [0.3, 0.4) is 0 Å². The Morgan fingerprint density at radius 3 is 2.94 bits per heavy atom. The number of fused-ring (bicyclic) bond motifs is 2. The molecule has 3 N–H and O–H groups in total. The molecule has 31 heavy (non-hydrogen) atoms. The molecule has 4 aromatic heterocycles. The van der Waals surface area contributed by atoms with Gasteiger partial charge < -0.3 is 20.2 Å². The SMILES string of the molecule is COCCC[n+]1c(N)c(C(=O)NCc2ccco2)cc2c(=O)n3cccc(C)c3nc21. The van der Waals surface area contributed by atoms with E-state index >= 15 is 0 Å². The highest BCUT2D eigenvalue weighted by molar-refractivity contribution is 6.00. The zero-order valence-corrected chi connectivity index (χ0v) is 17.4.